The smallest absolute Gasteiger partial charge is 0.198 e. The minimum Gasteiger partial charge on any atom is -0.497 e. The molecule has 10 nitrogen and oxygen atoms in total. The molecule has 0 spiro atoms. The van der Waals surface area contributed by atoms with E-state index in [9.17, 15) is 0 Å². The van der Waals surface area contributed by atoms with Crippen molar-refractivity contribution in [2.24, 2.45) is 23.7 Å². The summed E-state index contributed by atoms with van der Waals surface area (Å²) in [5.74, 6) is 4.15. The van der Waals surface area contributed by atoms with Crippen LogP contribution in [0.2, 0.25) is 0 Å². The number of carbonyl (C=O) groups is 2. The van der Waals surface area contributed by atoms with Crippen molar-refractivity contribution in [3.8, 4) is 23.0 Å². The van der Waals surface area contributed by atoms with Crippen LogP contribution in [0.4, 0.5) is 0 Å². The van der Waals surface area contributed by atoms with E-state index in [0.29, 0.717) is 46.3 Å². The molecule has 1 aliphatic carbocycles. The quantitative estimate of drug-likeness (QED) is 0.118. The monoisotopic (exact) mass is 856 g/mol. The molecule has 0 saturated carbocycles. The van der Waals surface area contributed by atoms with Crippen LogP contribution in [0, 0.1) is 23.7 Å². The lowest BCUT2D eigenvalue weighted by molar-refractivity contribution is -0.0493. The molecular formula is C54H56N4O6. The van der Waals surface area contributed by atoms with Crippen molar-refractivity contribution in [1.29, 1.82) is 0 Å². The zero-order valence-electron chi connectivity index (χ0n) is 37.2. The Labute approximate surface area is 374 Å². The molecule has 4 aromatic carbocycles. The Morgan fingerprint density at radius 3 is 1.45 bits per heavy atom. The second-order valence-corrected chi connectivity index (χ2v) is 18.7. The fraction of sp³-hybridized carbons (Fsp3) is 0.407. The number of pyridine rings is 2. The van der Waals surface area contributed by atoms with E-state index < -0.39 is 12.2 Å². The summed E-state index contributed by atoms with van der Waals surface area (Å²) in [5.41, 5.74) is 4.87. The maximum atomic E-state index is 15.1. The average molecular weight is 857 g/mol. The fourth-order valence-corrected chi connectivity index (χ4v) is 12.3. The molecule has 7 aliphatic rings. The minimum absolute atomic E-state index is 0.0377. The molecule has 10 heteroatoms. The average Bonchev–Trinajstić information content (AvgIpc) is 3.36. The Balaban J connectivity index is 1.07. The lowest BCUT2D eigenvalue weighted by atomic mass is 9.72. The highest BCUT2D eigenvalue weighted by molar-refractivity contribution is 6.30. The Hall–Kier alpha value is -5.84. The Morgan fingerprint density at radius 2 is 1.06 bits per heavy atom. The van der Waals surface area contributed by atoms with E-state index in [0.717, 1.165) is 109 Å². The van der Waals surface area contributed by atoms with Crippen LogP contribution < -0.4 is 18.9 Å². The summed E-state index contributed by atoms with van der Waals surface area (Å²) < 4.78 is 26.3. The normalized spacial score (nSPS) is 26.6. The predicted molar refractivity (Wildman–Crippen MR) is 247 cm³/mol. The molecule has 10 atom stereocenters. The van der Waals surface area contributed by atoms with Crippen molar-refractivity contribution in [2.45, 2.75) is 76.7 Å². The maximum Gasteiger partial charge on any atom is 0.198 e. The van der Waals surface area contributed by atoms with Gasteiger partial charge in [-0.15, -0.1) is 0 Å². The zero-order valence-corrected chi connectivity index (χ0v) is 37.2. The third kappa shape index (κ3) is 6.83. The third-order valence-electron chi connectivity index (χ3n) is 15.7. The van der Waals surface area contributed by atoms with Crippen molar-refractivity contribution in [3.05, 3.63) is 131 Å². The molecule has 2 aromatic heterocycles. The molecule has 328 valence electrons. The molecule has 2 unspecified atom stereocenters. The second kappa shape index (κ2) is 16.6. The summed E-state index contributed by atoms with van der Waals surface area (Å²) in [6.07, 6.45) is 9.30. The van der Waals surface area contributed by atoms with Crippen LogP contribution in [0.25, 0.3) is 21.8 Å². The van der Waals surface area contributed by atoms with E-state index in [2.05, 4.69) is 23.6 Å². The number of rotatable bonds is 12. The van der Waals surface area contributed by atoms with E-state index in [4.69, 9.17) is 28.9 Å². The molecule has 0 radical (unpaired) electrons. The van der Waals surface area contributed by atoms with Gasteiger partial charge in [-0.1, -0.05) is 51.0 Å². The number of hydrogen-bond acceptors (Lipinski definition) is 10. The highest BCUT2D eigenvalue weighted by atomic mass is 16.5. The lowest BCUT2D eigenvalue weighted by Crippen LogP contribution is -2.56. The van der Waals surface area contributed by atoms with Gasteiger partial charge >= 0.3 is 0 Å². The van der Waals surface area contributed by atoms with E-state index in [1.165, 1.54) is 0 Å². The molecule has 6 fully saturated rings. The van der Waals surface area contributed by atoms with Crippen LogP contribution in [-0.4, -0.2) is 83.8 Å². The molecule has 6 saturated heterocycles. The van der Waals surface area contributed by atoms with Gasteiger partial charge < -0.3 is 18.9 Å². The third-order valence-corrected chi connectivity index (χ3v) is 15.7. The Bertz CT molecular complexity index is 2600. The summed E-state index contributed by atoms with van der Waals surface area (Å²) in [6, 6.07) is 27.0. The SMILES string of the molecule is CC[C@@H]1CN2CC[C@H]1C[C@H]2[C@@H](Oc1ccc(O[C@@H](c2ccnc3ccc(OC)cc23)[C@@H]2C[C@H]3CCN2C[C@@H]3CC)c2c1C(=O)c1ccccc1C2=O)c1ccnc2ccc(OC)cc12. The van der Waals surface area contributed by atoms with E-state index in [-0.39, 0.29) is 34.8 Å². The van der Waals surface area contributed by atoms with Gasteiger partial charge in [0.1, 0.15) is 35.2 Å². The van der Waals surface area contributed by atoms with E-state index in [1.54, 1.807) is 26.4 Å². The van der Waals surface area contributed by atoms with Gasteiger partial charge in [0.05, 0.1) is 48.5 Å². The van der Waals surface area contributed by atoms with Gasteiger partial charge in [-0.2, -0.15) is 0 Å². The number of methoxy groups -OCH3 is 2. The van der Waals surface area contributed by atoms with Gasteiger partial charge in [-0.25, -0.2) is 0 Å². The van der Waals surface area contributed by atoms with Crippen molar-refractivity contribution < 1.29 is 28.5 Å². The molecule has 4 bridgehead atoms. The molecular weight excluding hydrogens is 801 g/mol. The number of nitrogens with zero attached hydrogens (tertiary/aromatic N) is 4. The number of benzene rings is 4. The molecule has 0 amide bonds. The largest absolute Gasteiger partial charge is 0.497 e. The Morgan fingerprint density at radius 1 is 0.609 bits per heavy atom. The number of hydrogen-bond donors (Lipinski definition) is 0. The first kappa shape index (κ1) is 40.9. The number of ketones is 2. The molecule has 6 aromatic rings. The van der Waals surface area contributed by atoms with Gasteiger partial charge in [0, 0.05) is 58.5 Å². The zero-order chi connectivity index (χ0) is 43.6. The van der Waals surface area contributed by atoms with Crippen LogP contribution in [0.5, 0.6) is 23.0 Å². The number of ether oxygens (including phenoxy) is 4. The van der Waals surface area contributed by atoms with Crippen LogP contribution in [-0.2, 0) is 0 Å². The van der Waals surface area contributed by atoms with Crippen molar-refractivity contribution in [3.63, 3.8) is 0 Å². The highest BCUT2D eigenvalue weighted by Crippen LogP contribution is 2.49. The molecule has 0 N–H and O–H groups in total. The summed E-state index contributed by atoms with van der Waals surface area (Å²) in [6.45, 7) is 8.58. The lowest BCUT2D eigenvalue weighted by Gasteiger charge is -2.52. The van der Waals surface area contributed by atoms with Crippen LogP contribution >= 0.6 is 0 Å². The van der Waals surface area contributed by atoms with Crippen molar-refractivity contribution >= 4 is 33.4 Å². The van der Waals surface area contributed by atoms with Gasteiger partial charge in [-0.05, 0) is 123 Å². The van der Waals surface area contributed by atoms with Gasteiger partial charge in [-0.3, -0.25) is 29.4 Å². The molecule has 13 rings (SSSR count). The minimum atomic E-state index is -0.475. The molecule has 6 aliphatic heterocycles. The van der Waals surface area contributed by atoms with Crippen LogP contribution in [0.3, 0.4) is 0 Å². The number of fused-ring (bicyclic) bond motifs is 10. The number of piperidine rings is 6. The van der Waals surface area contributed by atoms with Gasteiger partial charge in [0.15, 0.2) is 11.6 Å². The fourth-order valence-electron chi connectivity index (χ4n) is 12.3. The first-order chi connectivity index (χ1) is 31.3. The molecule has 64 heavy (non-hydrogen) atoms. The summed E-state index contributed by atoms with van der Waals surface area (Å²) in [5, 5.41) is 1.88. The van der Waals surface area contributed by atoms with Crippen LogP contribution in [0.15, 0.2) is 97.3 Å². The predicted octanol–water partition coefficient (Wildman–Crippen LogP) is 10.1. The van der Waals surface area contributed by atoms with Crippen molar-refractivity contribution in [1.82, 2.24) is 19.8 Å². The first-order valence-electron chi connectivity index (χ1n) is 23.4. The van der Waals surface area contributed by atoms with Gasteiger partial charge in [0.2, 0.25) is 0 Å². The summed E-state index contributed by atoms with van der Waals surface area (Å²) >= 11 is 0. The second-order valence-electron chi connectivity index (χ2n) is 18.7. The molecule has 8 heterocycles. The Kier molecular flexibility index (Phi) is 10.6. The first-order valence-corrected chi connectivity index (χ1v) is 23.4. The summed E-state index contributed by atoms with van der Waals surface area (Å²) in [7, 11) is 3.35. The summed E-state index contributed by atoms with van der Waals surface area (Å²) in [4.78, 5) is 45.0. The van der Waals surface area contributed by atoms with Crippen molar-refractivity contribution in [2.75, 3.05) is 40.4 Å². The topological polar surface area (TPSA) is 103 Å². The van der Waals surface area contributed by atoms with E-state index in [1.807, 2.05) is 85.2 Å². The number of aromatic nitrogens is 2. The standard InChI is InChI=1S/C54H56N4O6/c1-5-31-29-57-23-19-33(31)25-45(57)53(39-17-21-55-43-13-11-35(61-3)27-41(39)43)63-47-15-16-48(50-49(47)51(59)37-9-7-8-10-38(37)52(50)60)64-54(46-26-34-20-24-58(46)30-32(34)6-2)40-18-22-56-44-14-12-36(62-4)28-42(40)44/h7-18,21-22,27-28,31-34,45-46,53-54H,5-6,19-20,23-26,29-30H2,1-4H3/t31-,32+,33+,34-,45-,46-,53-,54-/m0/s1. The van der Waals surface area contributed by atoms with E-state index >= 15 is 9.59 Å². The maximum absolute atomic E-state index is 15.1. The number of carbonyl (C=O) groups excluding carboxylic acids is 2. The van der Waals surface area contributed by atoms with Gasteiger partial charge in [0.25, 0.3) is 0 Å². The van der Waals surface area contributed by atoms with Crippen LogP contribution in [0.1, 0.15) is 108 Å². The highest BCUT2D eigenvalue weighted by Gasteiger charge is 2.47.